The van der Waals surface area contributed by atoms with Crippen LogP contribution < -0.4 is 10.1 Å². The lowest BCUT2D eigenvalue weighted by Crippen LogP contribution is -2.16. The molecule has 0 bridgehead atoms. The molecule has 0 radical (unpaired) electrons. The van der Waals surface area contributed by atoms with Crippen molar-refractivity contribution in [2.75, 3.05) is 5.32 Å². The number of phenols is 1. The standard InChI is InChI=1S/C21H23Br2NO5/c1-5-12-6-13(7-14(10(2)3)20(12)28)29-21-15(22)8-16(11(4)19(21)23)24-17(25)9-18(26)27/h6-8,10,28H,5,9H2,1-4H3,(H,24,25)(H,26,27). The van der Waals surface area contributed by atoms with E-state index in [0.29, 0.717) is 43.9 Å². The van der Waals surface area contributed by atoms with Gasteiger partial charge in [-0.2, -0.15) is 0 Å². The summed E-state index contributed by atoms with van der Waals surface area (Å²) in [6.07, 6.45) is 0.0525. The van der Waals surface area contributed by atoms with E-state index in [9.17, 15) is 14.7 Å². The van der Waals surface area contributed by atoms with Gasteiger partial charge in [-0.3, -0.25) is 9.59 Å². The number of halogens is 2. The monoisotopic (exact) mass is 527 g/mol. The SMILES string of the molecule is CCc1cc(Oc2c(Br)cc(NC(=O)CC(=O)O)c(C)c2Br)cc(C(C)C)c1O. The average Bonchev–Trinajstić information content (AvgIpc) is 2.63. The second-order valence-corrected chi connectivity index (χ2v) is 8.57. The summed E-state index contributed by atoms with van der Waals surface area (Å²) in [6.45, 7) is 7.76. The molecule has 0 saturated heterocycles. The zero-order valence-corrected chi connectivity index (χ0v) is 19.8. The summed E-state index contributed by atoms with van der Waals surface area (Å²) in [4.78, 5) is 22.5. The molecule has 1 amide bonds. The summed E-state index contributed by atoms with van der Waals surface area (Å²) in [5, 5.41) is 21.8. The van der Waals surface area contributed by atoms with Crippen LogP contribution >= 0.6 is 31.9 Å². The summed E-state index contributed by atoms with van der Waals surface area (Å²) in [7, 11) is 0. The fraction of sp³-hybridized carbons (Fsp3) is 0.333. The Bertz CT molecular complexity index is 957. The molecule has 2 rings (SSSR count). The van der Waals surface area contributed by atoms with Crippen LogP contribution in [0.15, 0.2) is 27.1 Å². The third kappa shape index (κ3) is 5.51. The maximum absolute atomic E-state index is 11.8. The van der Waals surface area contributed by atoms with Gasteiger partial charge in [0.15, 0.2) is 5.75 Å². The maximum Gasteiger partial charge on any atom is 0.312 e. The van der Waals surface area contributed by atoms with E-state index >= 15 is 0 Å². The van der Waals surface area contributed by atoms with Crippen molar-refractivity contribution >= 4 is 49.4 Å². The molecule has 6 nitrogen and oxygen atoms in total. The van der Waals surface area contributed by atoms with Crippen LogP contribution in [-0.4, -0.2) is 22.1 Å². The quantitative estimate of drug-likeness (QED) is 0.376. The number of aliphatic carboxylic acids is 1. The van der Waals surface area contributed by atoms with Crippen molar-refractivity contribution < 1.29 is 24.5 Å². The minimum absolute atomic E-state index is 0.129. The Hall–Kier alpha value is -2.06. The molecule has 0 spiro atoms. The third-order valence-corrected chi connectivity index (χ3v) is 5.97. The van der Waals surface area contributed by atoms with E-state index in [1.807, 2.05) is 26.8 Å². The molecule has 0 aliphatic heterocycles. The van der Waals surface area contributed by atoms with E-state index in [1.54, 1.807) is 19.1 Å². The first-order valence-corrected chi connectivity index (χ1v) is 10.7. The van der Waals surface area contributed by atoms with Crippen LogP contribution in [0.3, 0.4) is 0 Å². The Kier molecular flexibility index (Phi) is 7.71. The number of carboxylic acids is 1. The van der Waals surface area contributed by atoms with E-state index in [4.69, 9.17) is 9.84 Å². The largest absolute Gasteiger partial charge is 0.507 e. The number of aryl methyl sites for hydroxylation is 1. The van der Waals surface area contributed by atoms with Crippen molar-refractivity contribution in [3.05, 3.63) is 43.8 Å². The topological polar surface area (TPSA) is 95.9 Å². The smallest absolute Gasteiger partial charge is 0.312 e. The van der Waals surface area contributed by atoms with Gasteiger partial charge < -0.3 is 20.3 Å². The van der Waals surface area contributed by atoms with Crippen molar-refractivity contribution in [3.8, 4) is 17.2 Å². The molecule has 0 aliphatic rings. The zero-order chi connectivity index (χ0) is 21.9. The molecule has 0 saturated carbocycles. The van der Waals surface area contributed by atoms with Gasteiger partial charge in [-0.05, 0) is 80.4 Å². The molecule has 0 unspecified atom stereocenters. The highest BCUT2D eigenvalue weighted by Crippen LogP contribution is 2.43. The van der Waals surface area contributed by atoms with Gasteiger partial charge in [0.05, 0.1) is 8.95 Å². The van der Waals surface area contributed by atoms with Gasteiger partial charge in [-0.25, -0.2) is 0 Å². The number of carbonyl (C=O) groups excluding carboxylic acids is 1. The van der Waals surface area contributed by atoms with E-state index in [2.05, 4.69) is 37.2 Å². The van der Waals surface area contributed by atoms with Crippen LogP contribution in [0.1, 0.15) is 49.8 Å². The molecule has 0 heterocycles. The Morgan fingerprint density at radius 3 is 2.41 bits per heavy atom. The number of carbonyl (C=O) groups is 2. The van der Waals surface area contributed by atoms with Gasteiger partial charge in [0, 0.05) is 11.3 Å². The fourth-order valence-corrected chi connectivity index (χ4v) is 4.11. The van der Waals surface area contributed by atoms with Crippen LogP contribution in [0.2, 0.25) is 0 Å². The summed E-state index contributed by atoms with van der Waals surface area (Å²) in [5.74, 6) is -0.281. The van der Waals surface area contributed by atoms with Gasteiger partial charge in [0.1, 0.15) is 17.9 Å². The minimum Gasteiger partial charge on any atom is -0.507 e. The van der Waals surface area contributed by atoms with Gasteiger partial charge in [-0.1, -0.05) is 20.8 Å². The number of ether oxygens (including phenoxy) is 1. The molecule has 0 aromatic heterocycles. The Morgan fingerprint density at radius 1 is 1.21 bits per heavy atom. The summed E-state index contributed by atoms with van der Waals surface area (Å²) in [6, 6.07) is 5.29. The molecule has 3 N–H and O–H groups in total. The van der Waals surface area contributed by atoms with Gasteiger partial charge in [0.2, 0.25) is 5.91 Å². The fourth-order valence-electron chi connectivity index (χ4n) is 2.82. The number of anilines is 1. The lowest BCUT2D eigenvalue weighted by molar-refractivity contribution is -0.139. The zero-order valence-electron chi connectivity index (χ0n) is 16.6. The molecule has 156 valence electrons. The molecule has 0 fully saturated rings. The number of benzene rings is 2. The van der Waals surface area contributed by atoms with E-state index in [0.717, 1.165) is 11.1 Å². The van der Waals surface area contributed by atoms with Crippen molar-refractivity contribution in [2.24, 2.45) is 0 Å². The molecular weight excluding hydrogens is 506 g/mol. The van der Waals surface area contributed by atoms with Crippen LogP contribution in [0.4, 0.5) is 5.69 Å². The number of carboxylic acid groups (broad SMARTS) is 1. The summed E-state index contributed by atoms with van der Waals surface area (Å²) < 4.78 is 7.32. The van der Waals surface area contributed by atoms with Crippen LogP contribution in [0, 0.1) is 6.92 Å². The van der Waals surface area contributed by atoms with Crippen molar-refractivity contribution in [1.82, 2.24) is 0 Å². The predicted octanol–water partition coefficient (Wildman–Crippen LogP) is 6.12. The molecule has 8 heteroatoms. The van der Waals surface area contributed by atoms with Crippen molar-refractivity contribution in [2.45, 2.75) is 46.5 Å². The van der Waals surface area contributed by atoms with Gasteiger partial charge in [-0.15, -0.1) is 0 Å². The molecule has 0 atom stereocenters. The number of aromatic hydroxyl groups is 1. The van der Waals surface area contributed by atoms with Crippen LogP contribution in [0.5, 0.6) is 17.2 Å². The average molecular weight is 529 g/mol. The van der Waals surface area contributed by atoms with Gasteiger partial charge >= 0.3 is 5.97 Å². The third-order valence-electron chi connectivity index (χ3n) is 4.42. The lowest BCUT2D eigenvalue weighted by atomic mass is 9.97. The van der Waals surface area contributed by atoms with E-state index in [1.165, 1.54) is 0 Å². The van der Waals surface area contributed by atoms with Crippen LogP contribution in [-0.2, 0) is 16.0 Å². The first-order chi connectivity index (χ1) is 13.5. The highest BCUT2D eigenvalue weighted by Gasteiger charge is 2.19. The highest BCUT2D eigenvalue weighted by atomic mass is 79.9. The Morgan fingerprint density at radius 2 is 1.86 bits per heavy atom. The minimum atomic E-state index is -1.20. The highest BCUT2D eigenvalue weighted by molar-refractivity contribution is 9.11. The second-order valence-electron chi connectivity index (χ2n) is 6.92. The normalized spacial score (nSPS) is 10.9. The number of nitrogens with one attached hydrogen (secondary N) is 1. The Balaban J connectivity index is 2.42. The first kappa shape index (κ1) is 23.2. The first-order valence-electron chi connectivity index (χ1n) is 9.08. The molecule has 2 aromatic carbocycles. The second kappa shape index (κ2) is 9.63. The number of phenolic OH excluding ortho intramolecular Hbond substituents is 1. The van der Waals surface area contributed by atoms with Crippen LogP contribution in [0.25, 0.3) is 0 Å². The number of hydrogen-bond acceptors (Lipinski definition) is 4. The number of amides is 1. The molecule has 2 aromatic rings. The predicted molar refractivity (Wildman–Crippen MR) is 119 cm³/mol. The van der Waals surface area contributed by atoms with Gasteiger partial charge in [0.25, 0.3) is 0 Å². The molecular formula is C21H23Br2NO5. The Labute approximate surface area is 186 Å². The summed E-state index contributed by atoms with van der Waals surface area (Å²) in [5.41, 5.74) is 2.78. The molecule has 29 heavy (non-hydrogen) atoms. The summed E-state index contributed by atoms with van der Waals surface area (Å²) >= 11 is 6.96. The van der Waals surface area contributed by atoms with E-state index < -0.39 is 18.3 Å². The van der Waals surface area contributed by atoms with Crippen molar-refractivity contribution in [3.63, 3.8) is 0 Å². The molecule has 0 aliphatic carbocycles. The maximum atomic E-state index is 11.8. The van der Waals surface area contributed by atoms with E-state index in [-0.39, 0.29) is 5.92 Å². The lowest BCUT2D eigenvalue weighted by Gasteiger charge is -2.18. The van der Waals surface area contributed by atoms with Crippen molar-refractivity contribution in [1.29, 1.82) is 0 Å². The number of rotatable bonds is 7. The number of hydrogen-bond donors (Lipinski definition) is 3.